The number of nitro groups is 1. The first-order chi connectivity index (χ1) is 9.65. The Hall–Kier alpha value is -1.69. The number of halogens is 1. The maximum Gasteiger partial charge on any atom is 0.295 e. The zero-order valence-electron chi connectivity index (χ0n) is 11.0. The van der Waals surface area contributed by atoms with Crippen molar-refractivity contribution in [3.8, 4) is 0 Å². The minimum atomic E-state index is -0.590. The highest BCUT2D eigenvalue weighted by Gasteiger charge is 2.38. The molecule has 3 atom stereocenters. The Bertz CT molecular complexity index is 523. The van der Waals surface area contributed by atoms with E-state index >= 15 is 0 Å². The lowest BCUT2D eigenvalue weighted by Gasteiger charge is -2.33. The summed E-state index contributed by atoms with van der Waals surface area (Å²) >= 11 is 0. The summed E-state index contributed by atoms with van der Waals surface area (Å²) < 4.78 is 18.8. The molecule has 0 aromatic heterocycles. The maximum absolute atomic E-state index is 13.1. The second kappa shape index (κ2) is 5.36. The van der Waals surface area contributed by atoms with Crippen molar-refractivity contribution in [2.75, 3.05) is 11.9 Å². The van der Waals surface area contributed by atoms with Gasteiger partial charge < -0.3 is 10.1 Å². The van der Waals surface area contributed by atoms with Crippen molar-refractivity contribution in [3.63, 3.8) is 0 Å². The van der Waals surface area contributed by atoms with Crippen LogP contribution in [0.5, 0.6) is 0 Å². The molecule has 3 unspecified atom stereocenters. The molecule has 5 nitrogen and oxygen atoms in total. The number of ether oxygens (including phenoxy) is 1. The fourth-order valence-electron chi connectivity index (χ4n) is 3.33. The van der Waals surface area contributed by atoms with Gasteiger partial charge in [0.05, 0.1) is 17.1 Å². The molecule has 1 aromatic carbocycles. The van der Waals surface area contributed by atoms with Gasteiger partial charge in [-0.1, -0.05) is 0 Å². The second-order valence-corrected chi connectivity index (χ2v) is 5.46. The van der Waals surface area contributed by atoms with Crippen molar-refractivity contribution in [1.82, 2.24) is 0 Å². The van der Waals surface area contributed by atoms with Crippen LogP contribution in [0.3, 0.4) is 0 Å². The van der Waals surface area contributed by atoms with Gasteiger partial charge in [0.1, 0.15) is 11.5 Å². The molecule has 20 heavy (non-hydrogen) atoms. The number of rotatable bonds is 3. The van der Waals surface area contributed by atoms with Crippen molar-refractivity contribution < 1.29 is 14.1 Å². The first-order valence-electron chi connectivity index (χ1n) is 6.97. The van der Waals surface area contributed by atoms with Crippen LogP contribution in [0.25, 0.3) is 0 Å². The Labute approximate surface area is 116 Å². The highest BCUT2D eigenvalue weighted by molar-refractivity contribution is 5.62. The molecule has 0 bridgehead atoms. The number of nitro benzene ring substituents is 1. The van der Waals surface area contributed by atoms with Crippen LogP contribution in [0.15, 0.2) is 18.2 Å². The van der Waals surface area contributed by atoms with E-state index < -0.39 is 10.7 Å². The average Bonchev–Trinajstić information content (AvgIpc) is 2.90. The van der Waals surface area contributed by atoms with E-state index in [1.165, 1.54) is 12.1 Å². The quantitative estimate of drug-likeness (QED) is 0.682. The lowest BCUT2D eigenvalue weighted by atomic mass is 9.81. The predicted molar refractivity (Wildman–Crippen MR) is 72.2 cm³/mol. The second-order valence-electron chi connectivity index (χ2n) is 5.46. The van der Waals surface area contributed by atoms with Crippen LogP contribution in [0, 0.1) is 21.8 Å². The third-order valence-corrected chi connectivity index (χ3v) is 4.28. The van der Waals surface area contributed by atoms with Crippen LogP contribution in [0.4, 0.5) is 15.8 Å². The molecule has 3 rings (SSSR count). The van der Waals surface area contributed by atoms with Gasteiger partial charge in [-0.05, 0) is 37.8 Å². The van der Waals surface area contributed by atoms with Gasteiger partial charge in [0.2, 0.25) is 0 Å². The van der Waals surface area contributed by atoms with E-state index in [-0.39, 0.29) is 17.8 Å². The molecule has 0 spiro atoms. The summed E-state index contributed by atoms with van der Waals surface area (Å²) in [6.45, 7) is 0.763. The molecule has 1 aromatic rings. The summed E-state index contributed by atoms with van der Waals surface area (Å²) in [7, 11) is 0. The molecular weight excluding hydrogens is 263 g/mol. The van der Waals surface area contributed by atoms with Gasteiger partial charge in [0, 0.05) is 18.6 Å². The highest BCUT2D eigenvalue weighted by Crippen LogP contribution is 2.37. The van der Waals surface area contributed by atoms with Gasteiger partial charge in [-0.15, -0.1) is 0 Å². The topological polar surface area (TPSA) is 64.4 Å². The minimum Gasteiger partial charge on any atom is -0.378 e. The molecule has 6 heteroatoms. The van der Waals surface area contributed by atoms with Crippen molar-refractivity contribution in [2.45, 2.75) is 37.8 Å². The van der Waals surface area contributed by atoms with Crippen LogP contribution in [0.2, 0.25) is 0 Å². The van der Waals surface area contributed by atoms with E-state index in [1.54, 1.807) is 0 Å². The maximum atomic E-state index is 13.1. The fourth-order valence-corrected chi connectivity index (χ4v) is 3.33. The van der Waals surface area contributed by atoms with E-state index in [1.807, 2.05) is 0 Å². The molecule has 2 aliphatic rings. The first-order valence-corrected chi connectivity index (χ1v) is 6.97. The van der Waals surface area contributed by atoms with Gasteiger partial charge >= 0.3 is 0 Å². The number of hydrogen-bond acceptors (Lipinski definition) is 4. The number of benzene rings is 1. The van der Waals surface area contributed by atoms with E-state index in [0.29, 0.717) is 11.6 Å². The van der Waals surface area contributed by atoms with Crippen LogP contribution in [0.1, 0.15) is 25.7 Å². The third kappa shape index (κ3) is 2.47. The summed E-state index contributed by atoms with van der Waals surface area (Å²) in [5, 5.41) is 14.3. The van der Waals surface area contributed by atoms with Gasteiger partial charge in [-0.25, -0.2) is 4.39 Å². The third-order valence-electron chi connectivity index (χ3n) is 4.28. The van der Waals surface area contributed by atoms with E-state index in [4.69, 9.17) is 4.74 Å². The van der Waals surface area contributed by atoms with Gasteiger partial charge in [-0.2, -0.15) is 0 Å². The Morgan fingerprint density at radius 3 is 3.00 bits per heavy atom. The Balaban J connectivity index is 1.82. The van der Waals surface area contributed by atoms with E-state index in [0.717, 1.165) is 38.4 Å². The molecule has 2 fully saturated rings. The molecule has 1 saturated heterocycles. The van der Waals surface area contributed by atoms with Crippen molar-refractivity contribution >= 4 is 11.4 Å². The van der Waals surface area contributed by atoms with Gasteiger partial charge in [-0.3, -0.25) is 10.1 Å². The summed E-state index contributed by atoms with van der Waals surface area (Å²) in [5.41, 5.74) is 0.194. The molecule has 1 N–H and O–H groups in total. The SMILES string of the molecule is O=[N+]([O-])c1cc(F)ccc1NC1CCCC2OCCC12. The zero-order valence-corrected chi connectivity index (χ0v) is 11.0. The van der Waals surface area contributed by atoms with Gasteiger partial charge in [0.25, 0.3) is 5.69 Å². The predicted octanol–water partition coefficient (Wildman–Crippen LogP) is 3.10. The normalized spacial score (nSPS) is 28.9. The molecule has 1 aliphatic carbocycles. The molecule has 1 aliphatic heterocycles. The molecule has 1 heterocycles. The Morgan fingerprint density at radius 2 is 2.20 bits per heavy atom. The van der Waals surface area contributed by atoms with E-state index in [9.17, 15) is 14.5 Å². The number of fused-ring (bicyclic) bond motifs is 1. The Morgan fingerprint density at radius 1 is 1.35 bits per heavy atom. The van der Waals surface area contributed by atoms with E-state index in [2.05, 4.69) is 5.32 Å². The van der Waals surface area contributed by atoms with Crippen molar-refractivity contribution in [2.24, 2.45) is 5.92 Å². The summed E-state index contributed by atoms with van der Waals surface area (Å²) in [6, 6.07) is 3.84. The highest BCUT2D eigenvalue weighted by atomic mass is 19.1. The van der Waals surface area contributed by atoms with Crippen molar-refractivity contribution in [1.29, 1.82) is 0 Å². The summed E-state index contributed by atoms with van der Waals surface area (Å²) in [4.78, 5) is 10.5. The van der Waals surface area contributed by atoms with Crippen LogP contribution in [-0.4, -0.2) is 23.7 Å². The number of hydrogen-bond donors (Lipinski definition) is 1. The largest absolute Gasteiger partial charge is 0.378 e. The lowest BCUT2D eigenvalue weighted by Crippen LogP contribution is -2.38. The van der Waals surface area contributed by atoms with Crippen LogP contribution >= 0.6 is 0 Å². The fraction of sp³-hybridized carbons (Fsp3) is 0.571. The molecule has 108 valence electrons. The lowest BCUT2D eigenvalue weighted by molar-refractivity contribution is -0.384. The summed E-state index contributed by atoms with van der Waals surface area (Å²) in [5.74, 6) is -0.193. The zero-order chi connectivity index (χ0) is 14.1. The average molecular weight is 280 g/mol. The summed E-state index contributed by atoms with van der Waals surface area (Å²) in [6.07, 6.45) is 4.33. The number of nitrogens with zero attached hydrogens (tertiary/aromatic N) is 1. The van der Waals surface area contributed by atoms with Gasteiger partial charge in [0.15, 0.2) is 0 Å². The standard InChI is InChI=1S/C14H17FN2O3/c15-9-4-5-12(13(8-9)17(18)19)16-11-2-1-3-14-10(11)6-7-20-14/h4-5,8,10-11,14,16H,1-3,6-7H2. The first kappa shape index (κ1) is 13.3. The Kier molecular flexibility index (Phi) is 3.56. The molecule has 0 amide bonds. The van der Waals surface area contributed by atoms with Crippen molar-refractivity contribution in [3.05, 3.63) is 34.1 Å². The molecule has 0 radical (unpaired) electrons. The smallest absolute Gasteiger partial charge is 0.295 e. The molecular formula is C14H17FN2O3. The monoisotopic (exact) mass is 280 g/mol. The molecule has 1 saturated carbocycles. The number of anilines is 1. The minimum absolute atomic E-state index is 0.167. The van der Waals surface area contributed by atoms with Crippen LogP contribution in [-0.2, 0) is 4.74 Å². The number of nitrogens with one attached hydrogen (secondary N) is 1. The van der Waals surface area contributed by atoms with Crippen LogP contribution < -0.4 is 5.32 Å².